The highest BCUT2D eigenvalue weighted by molar-refractivity contribution is 6.17. The average molecular weight is 274 g/mol. The van der Waals surface area contributed by atoms with Crippen molar-refractivity contribution in [3.8, 4) is 0 Å². The van der Waals surface area contributed by atoms with E-state index in [1.54, 1.807) is 20.8 Å². The van der Waals surface area contributed by atoms with Gasteiger partial charge in [-0.15, -0.1) is 0 Å². The molecule has 0 atom stereocenters. The van der Waals surface area contributed by atoms with E-state index in [0.717, 1.165) is 0 Å². The summed E-state index contributed by atoms with van der Waals surface area (Å²) in [6, 6.07) is 0. The Hall–Kier alpha value is -1.43. The number of ether oxygens (including phenoxy) is 3. The normalized spacial score (nSPS) is 11.3. The van der Waals surface area contributed by atoms with Gasteiger partial charge in [0.1, 0.15) is 5.60 Å². The molecule has 6 heteroatoms. The highest BCUT2D eigenvalue weighted by Gasteiger charge is 2.44. The number of hydrogen-bond donors (Lipinski definition) is 0. The smallest absolute Gasteiger partial charge is 0.328 e. The third-order valence-corrected chi connectivity index (χ3v) is 2.41. The van der Waals surface area contributed by atoms with Crippen LogP contribution in [0.1, 0.15) is 34.6 Å². The van der Waals surface area contributed by atoms with E-state index in [0.29, 0.717) is 0 Å². The third kappa shape index (κ3) is 4.98. The van der Waals surface area contributed by atoms with E-state index in [9.17, 15) is 14.4 Å². The van der Waals surface area contributed by atoms with Gasteiger partial charge < -0.3 is 14.2 Å². The van der Waals surface area contributed by atoms with Crippen LogP contribution in [0.25, 0.3) is 0 Å². The Morgan fingerprint density at radius 3 is 1.63 bits per heavy atom. The molecule has 0 spiro atoms. The summed E-state index contributed by atoms with van der Waals surface area (Å²) in [5.74, 6) is -4.06. The van der Waals surface area contributed by atoms with E-state index < -0.39 is 29.2 Å². The van der Waals surface area contributed by atoms with Crippen LogP contribution in [0.4, 0.5) is 0 Å². The molecule has 0 amide bonds. The van der Waals surface area contributed by atoms with Crippen LogP contribution in [-0.4, -0.2) is 43.1 Å². The zero-order chi connectivity index (χ0) is 15.1. The van der Waals surface area contributed by atoms with Crippen LogP contribution >= 0.6 is 0 Å². The zero-order valence-corrected chi connectivity index (χ0v) is 12.1. The molecule has 0 aromatic rings. The minimum Gasteiger partial charge on any atom is -0.465 e. The molecule has 0 aliphatic heterocycles. The lowest BCUT2D eigenvalue weighted by atomic mass is 9.91. The molecule has 0 aromatic carbocycles. The third-order valence-electron chi connectivity index (χ3n) is 2.41. The Kier molecular flexibility index (Phi) is 7.29. The fraction of sp³-hybridized carbons (Fsp3) is 0.769. The van der Waals surface area contributed by atoms with Gasteiger partial charge in [-0.1, -0.05) is 0 Å². The zero-order valence-electron chi connectivity index (χ0n) is 12.1. The van der Waals surface area contributed by atoms with E-state index in [4.69, 9.17) is 14.2 Å². The minimum absolute atomic E-state index is 0.0804. The van der Waals surface area contributed by atoms with Crippen molar-refractivity contribution in [3.05, 3.63) is 0 Å². The van der Waals surface area contributed by atoms with Gasteiger partial charge in [-0.05, 0) is 34.6 Å². The molecular weight excluding hydrogens is 252 g/mol. The van der Waals surface area contributed by atoms with Crippen molar-refractivity contribution in [1.82, 2.24) is 0 Å². The van der Waals surface area contributed by atoms with E-state index in [-0.39, 0.29) is 19.8 Å². The highest BCUT2D eigenvalue weighted by Crippen LogP contribution is 2.19. The maximum atomic E-state index is 12.3. The van der Waals surface area contributed by atoms with Crippen LogP contribution in [0, 0.1) is 5.92 Å². The van der Waals surface area contributed by atoms with Crippen LogP contribution in [0.15, 0.2) is 0 Å². The average Bonchev–Trinajstić information content (AvgIpc) is 2.29. The molecule has 0 aliphatic carbocycles. The number of carbonyl (C=O) groups is 3. The lowest BCUT2D eigenvalue weighted by Gasteiger charge is -2.26. The number of hydrogen-bond acceptors (Lipinski definition) is 6. The van der Waals surface area contributed by atoms with Crippen molar-refractivity contribution in [2.24, 2.45) is 5.92 Å². The molecule has 19 heavy (non-hydrogen) atoms. The van der Waals surface area contributed by atoms with Crippen molar-refractivity contribution in [2.75, 3.05) is 19.8 Å². The second-order valence-corrected chi connectivity index (χ2v) is 4.24. The minimum atomic E-state index is -1.60. The van der Waals surface area contributed by atoms with Crippen molar-refractivity contribution in [2.45, 2.75) is 40.2 Å². The van der Waals surface area contributed by atoms with Crippen LogP contribution in [0.3, 0.4) is 0 Å². The van der Waals surface area contributed by atoms with Gasteiger partial charge in [0.2, 0.25) is 5.92 Å². The summed E-state index contributed by atoms with van der Waals surface area (Å²) in [7, 11) is 0. The molecule has 0 fully saturated rings. The molecule has 0 aliphatic rings. The molecule has 0 bridgehead atoms. The first-order chi connectivity index (χ1) is 8.81. The molecule has 0 radical (unpaired) electrons. The van der Waals surface area contributed by atoms with Crippen molar-refractivity contribution < 1.29 is 28.6 Å². The summed E-state index contributed by atoms with van der Waals surface area (Å²) < 4.78 is 14.8. The lowest BCUT2D eigenvalue weighted by molar-refractivity contribution is -0.169. The maximum Gasteiger partial charge on any atom is 0.328 e. The van der Waals surface area contributed by atoms with E-state index in [1.807, 2.05) is 0 Å². The number of carbonyl (C=O) groups excluding carboxylic acids is 3. The Morgan fingerprint density at radius 2 is 1.32 bits per heavy atom. The SMILES string of the molecule is CCOC(=O)C(C(=O)OCC)C(=O)C(C)(C)OCC. The van der Waals surface area contributed by atoms with E-state index in [2.05, 4.69) is 0 Å². The predicted molar refractivity (Wildman–Crippen MR) is 67.5 cm³/mol. The highest BCUT2D eigenvalue weighted by atomic mass is 16.6. The Morgan fingerprint density at radius 1 is 0.895 bits per heavy atom. The van der Waals surface area contributed by atoms with Gasteiger partial charge in [-0.3, -0.25) is 14.4 Å². The van der Waals surface area contributed by atoms with Crippen LogP contribution in [-0.2, 0) is 28.6 Å². The first-order valence-electron chi connectivity index (χ1n) is 6.33. The van der Waals surface area contributed by atoms with Crippen molar-refractivity contribution >= 4 is 17.7 Å². The van der Waals surface area contributed by atoms with Gasteiger partial charge in [-0.25, -0.2) is 0 Å². The van der Waals surface area contributed by atoms with Gasteiger partial charge in [0, 0.05) is 6.61 Å². The molecule has 0 N–H and O–H groups in total. The second-order valence-electron chi connectivity index (χ2n) is 4.24. The molecule has 110 valence electrons. The van der Waals surface area contributed by atoms with E-state index in [1.165, 1.54) is 13.8 Å². The standard InChI is InChI=1S/C13H22O6/c1-6-17-11(15)9(12(16)18-7-2)10(14)13(4,5)19-8-3/h9H,6-8H2,1-5H3. The first-order valence-corrected chi connectivity index (χ1v) is 6.33. The summed E-state index contributed by atoms with van der Waals surface area (Å²) in [6.07, 6.45) is 0. The first kappa shape index (κ1) is 17.6. The summed E-state index contributed by atoms with van der Waals surface area (Å²) in [4.78, 5) is 35.8. The molecule has 0 saturated heterocycles. The van der Waals surface area contributed by atoms with Crippen LogP contribution in [0.2, 0.25) is 0 Å². The quantitative estimate of drug-likeness (QED) is 0.487. The molecule has 0 rings (SSSR count). The van der Waals surface area contributed by atoms with Crippen LogP contribution < -0.4 is 0 Å². The van der Waals surface area contributed by atoms with Gasteiger partial charge in [0.25, 0.3) is 0 Å². The number of rotatable bonds is 8. The fourth-order valence-corrected chi connectivity index (χ4v) is 1.54. The summed E-state index contributed by atoms with van der Waals surface area (Å²) in [5, 5.41) is 0. The molecule has 6 nitrogen and oxygen atoms in total. The summed E-state index contributed by atoms with van der Waals surface area (Å²) >= 11 is 0. The molecule has 0 unspecified atom stereocenters. The fourth-order valence-electron chi connectivity index (χ4n) is 1.54. The summed E-state index contributed by atoms with van der Waals surface area (Å²) in [6.45, 7) is 8.37. The van der Waals surface area contributed by atoms with Gasteiger partial charge >= 0.3 is 11.9 Å². The Bertz CT molecular complexity index is 316. The predicted octanol–water partition coefficient (Wildman–Crippen LogP) is 1.11. The lowest BCUT2D eigenvalue weighted by Crippen LogP contribution is -2.47. The van der Waals surface area contributed by atoms with Crippen LogP contribution in [0.5, 0.6) is 0 Å². The molecule has 0 aromatic heterocycles. The molecule has 0 heterocycles. The Balaban J connectivity index is 5.18. The molecular formula is C13H22O6. The maximum absolute atomic E-state index is 12.3. The largest absolute Gasteiger partial charge is 0.465 e. The molecule has 0 saturated carbocycles. The van der Waals surface area contributed by atoms with Gasteiger partial charge in [-0.2, -0.15) is 0 Å². The topological polar surface area (TPSA) is 78.9 Å². The summed E-state index contributed by atoms with van der Waals surface area (Å²) in [5.41, 5.74) is -1.25. The van der Waals surface area contributed by atoms with Crippen molar-refractivity contribution in [1.29, 1.82) is 0 Å². The number of esters is 2. The number of ketones is 1. The second kappa shape index (κ2) is 7.89. The van der Waals surface area contributed by atoms with Gasteiger partial charge in [0.15, 0.2) is 5.78 Å². The van der Waals surface area contributed by atoms with Gasteiger partial charge in [0.05, 0.1) is 13.2 Å². The Labute approximate surface area is 113 Å². The van der Waals surface area contributed by atoms with E-state index >= 15 is 0 Å². The van der Waals surface area contributed by atoms with Crippen molar-refractivity contribution in [3.63, 3.8) is 0 Å². The number of Topliss-reactive ketones (excluding diaryl/α,β-unsaturated/α-hetero) is 1. The monoisotopic (exact) mass is 274 g/mol.